The third-order valence-corrected chi connectivity index (χ3v) is 5.56. The summed E-state index contributed by atoms with van der Waals surface area (Å²) in [6, 6.07) is 11.4. The lowest BCUT2D eigenvalue weighted by molar-refractivity contribution is 0.0721. The van der Waals surface area contributed by atoms with Crippen molar-refractivity contribution in [2.75, 3.05) is 12.3 Å². The molecule has 2 N–H and O–H groups in total. The molecule has 1 amide bonds. The Kier molecular flexibility index (Phi) is 4.77. The van der Waals surface area contributed by atoms with Crippen LogP contribution >= 0.6 is 0 Å². The summed E-state index contributed by atoms with van der Waals surface area (Å²) < 4.78 is 3.87. The number of benzene rings is 1. The molecule has 0 fully saturated rings. The highest BCUT2D eigenvalue weighted by atomic mass is 16.2. The highest BCUT2D eigenvalue weighted by molar-refractivity contribution is 5.98. The van der Waals surface area contributed by atoms with E-state index in [9.17, 15) is 4.79 Å². The first kappa shape index (κ1) is 20.0. The predicted molar refractivity (Wildman–Crippen MR) is 124 cm³/mol. The molecule has 5 rings (SSSR count). The van der Waals surface area contributed by atoms with Crippen LogP contribution in [0.3, 0.4) is 0 Å². The number of rotatable bonds is 5. The lowest BCUT2D eigenvalue weighted by Crippen LogP contribution is -2.34. The fourth-order valence-electron chi connectivity index (χ4n) is 4.16. The molecule has 162 valence electrons. The third-order valence-electron chi connectivity index (χ3n) is 5.56. The molecule has 0 saturated carbocycles. The topological polar surface area (TPSA) is 93.8 Å². The molecule has 0 aliphatic heterocycles. The van der Waals surface area contributed by atoms with Crippen LogP contribution in [0.2, 0.25) is 0 Å². The molecule has 0 spiro atoms. The van der Waals surface area contributed by atoms with E-state index < -0.39 is 0 Å². The molecule has 0 radical (unpaired) electrons. The fourth-order valence-corrected chi connectivity index (χ4v) is 4.16. The van der Waals surface area contributed by atoms with Gasteiger partial charge in [-0.15, -0.1) is 0 Å². The Balaban J connectivity index is 1.54. The summed E-state index contributed by atoms with van der Waals surface area (Å²) in [4.78, 5) is 29.0. The van der Waals surface area contributed by atoms with Gasteiger partial charge in [0.1, 0.15) is 23.3 Å². The Morgan fingerprint density at radius 1 is 1.19 bits per heavy atom. The zero-order valence-corrected chi connectivity index (χ0v) is 18.4. The number of nitrogens with two attached hydrogens (primary N) is 1. The number of hydrogen-bond donors (Lipinski definition) is 1. The van der Waals surface area contributed by atoms with E-state index in [1.165, 1.54) is 0 Å². The first-order chi connectivity index (χ1) is 15.4. The van der Waals surface area contributed by atoms with Gasteiger partial charge in [0.15, 0.2) is 0 Å². The Morgan fingerprint density at radius 2 is 2.03 bits per heavy atom. The van der Waals surface area contributed by atoms with Crippen LogP contribution in [0.4, 0.5) is 5.82 Å². The van der Waals surface area contributed by atoms with Gasteiger partial charge in [-0.25, -0.2) is 15.0 Å². The van der Waals surface area contributed by atoms with E-state index in [-0.39, 0.29) is 5.91 Å². The molecule has 8 nitrogen and oxygen atoms in total. The number of aryl methyl sites for hydroxylation is 1. The van der Waals surface area contributed by atoms with Crippen LogP contribution in [-0.2, 0) is 6.54 Å². The number of pyridine rings is 1. The van der Waals surface area contributed by atoms with Gasteiger partial charge in [-0.1, -0.05) is 19.9 Å². The second-order valence-corrected chi connectivity index (χ2v) is 8.53. The van der Waals surface area contributed by atoms with Crippen molar-refractivity contribution in [1.82, 2.24) is 28.7 Å². The molecule has 0 aliphatic rings. The number of anilines is 1. The second-order valence-electron chi connectivity index (χ2n) is 8.53. The van der Waals surface area contributed by atoms with Crippen molar-refractivity contribution >= 4 is 33.9 Å². The smallest absolute Gasteiger partial charge is 0.254 e. The summed E-state index contributed by atoms with van der Waals surface area (Å²) in [5.74, 6) is 0.709. The summed E-state index contributed by atoms with van der Waals surface area (Å²) in [5.41, 5.74) is 11.6. The van der Waals surface area contributed by atoms with Gasteiger partial charge < -0.3 is 15.0 Å². The fraction of sp³-hybridized carbons (Fsp3) is 0.250. The second kappa shape index (κ2) is 7.64. The van der Waals surface area contributed by atoms with Gasteiger partial charge in [0.25, 0.3) is 5.91 Å². The van der Waals surface area contributed by atoms with Crippen molar-refractivity contribution in [3.05, 3.63) is 72.1 Å². The number of carbonyl (C=O) groups is 1. The maximum absolute atomic E-state index is 13.6. The van der Waals surface area contributed by atoms with Crippen LogP contribution in [-0.4, -0.2) is 41.1 Å². The summed E-state index contributed by atoms with van der Waals surface area (Å²) in [5, 5.41) is 0. The molecule has 8 heteroatoms. The van der Waals surface area contributed by atoms with E-state index >= 15 is 0 Å². The van der Waals surface area contributed by atoms with E-state index in [2.05, 4.69) is 28.8 Å². The Hall–Kier alpha value is -3.94. The van der Waals surface area contributed by atoms with Crippen molar-refractivity contribution in [3.63, 3.8) is 0 Å². The molecular weight excluding hydrogens is 402 g/mol. The minimum Gasteiger partial charge on any atom is -0.382 e. The molecule has 32 heavy (non-hydrogen) atoms. The molecule has 0 aliphatic carbocycles. The molecule has 5 aromatic rings. The number of aromatic nitrogens is 5. The number of amides is 1. The Labute approximate surface area is 185 Å². The average Bonchev–Trinajstić information content (AvgIpc) is 3.36. The number of hydrogen-bond acceptors (Lipinski definition) is 5. The van der Waals surface area contributed by atoms with Gasteiger partial charge in [0.05, 0.1) is 29.0 Å². The van der Waals surface area contributed by atoms with E-state index in [4.69, 9.17) is 5.73 Å². The molecule has 4 aromatic heterocycles. The molecule has 0 unspecified atom stereocenters. The number of carbonyl (C=O) groups excluding carboxylic acids is 1. The highest BCUT2D eigenvalue weighted by Gasteiger charge is 2.20. The van der Waals surface area contributed by atoms with Crippen LogP contribution in [0, 0.1) is 12.8 Å². The van der Waals surface area contributed by atoms with E-state index in [0.29, 0.717) is 30.4 Å². The molecule has 0 saturated heterocycles. The largest absolute Gasteiger partial charge is 0.382 e. The SMILES string of the molecule is Cc1ncn2c1c(N)nc1ccc(C(=O)N(Cc3cn4ccccc4n3)CC(C)C)cc12. The predicted octanol–water partition coefficient (Wildman–Crippen LogP) is 3.72. The molecular formula is C24H25N7O. The lowest BCUT2D eigenvalue weighted by atomic mass is 10.1. The number of imidazole rings is 2. The van der Waals surface area contributed by atoms with Crippen LogP contribution in [0.5, 0.6) is 0 Å². The third kappa shape index (κ3) is 3.43. The van der Waals surface area contributed by atoms with Crippen molar-refractivity contribution in [3.8, 4) is 0 Å². The van der Waals surface area contributed by atoms with Crippen LogP contribution < -0.4 is 5.73 Å². The van der Waals surface area contributed by atoms with Crippen molar-refractivity contribution in [1.29, 1.82) is 0 Å². The normalized spacial score (nSPS) is 11.8. The Bertz CT molecular complexity index is 1430. The standard InChI is InChI=1S/C24H25N7O/c1-15(2)11-30(13-18-12-29-9-5-4-6-21(29)27-18)24(32)17-7-8-19-20(10-17)31-14-26-16(3)22(31)23(25)28-19/h4-10,12,14-15H,11,13H2,1-3H3,(H2,25,28). The maximum Gasteiger partial charge on any atom is 0.254 e. The molecule has 4 heterocycles. The summed E-state index contributed by atoms with van der Waals surface area (Å²) in [6.07, 6.45) is 5.66. The quantitative estimate of drug-likeness (QED) is 0.461. The molecule has 1 aromatic carbocycles. The van der Waals surface area contributed by atoms with E-state index in [1.807, 2.05) is 69.4 Å². The van der Waals surface area contributed by atoms with Crippen molar-refractivity contribution in [2.24, 2.45) is 5.92 Å². The summed E-state index contributed by atoms with van der Waals surface area (Å²) in [7, 11) is 0. The van der Waals surface area contributed by atoms with Gasteiger partial charge in [-0.2, -0.15) is 0 Å². The zero-order chi connectivity index (χ0) is 22.4. The first-order valence-corrected chi connectivity index (χ1v) is 10.7. The monoisotopic (exact) mass is 427 g/mol. The molecule has 0 atom stereocenters. The van der Waals surface area contributed by atoms with Crippen molar-refractivity contribution in [2.45, 2.75) is 27.3 Å². The maximum atomic E-state index is 13.6. The van der Waals surface area contributed by atoms with Gasteiger partial charge in [0.2, 0.25) is 0 Å². The van der Waals surface area contributed by atoms with Gasteiger partial charge in [-0.3, -0.25) is 9.20 Å². The minimum atomic E-state index is -0.0422. The zero-order valence-electron chi connectivity index (χ0n) is 18.4. The van der Waals surface area contributed by atoms with E-state index in [0.717, 1.165) is 33.6 Å². The Morgan fingerprint density at radius 3 is 2.81 bits per heavy atom. The van der Waals surface area contributed by atoms with Crippen molar-refractivity contribution < 1.29 is 4.79 Å². The van der Waals surface area contributed by atoms with Gasteiger partial charge in [-0.05, 0) is 43.2 Å². The average molecular weight is 428 g/mol. The molecule has 0 bridgehead atoms. The number of fused-ring (bicyclic) bond motifs is 4. The highest BCUT2D eigenvalue weighted by Crippen LogP contribution is 2.24. The summed E-state index contributed by atoms with van der Waals surface area (Å²) in [6.45, 7) is 7.18. The van der Waals surface area contributed by atoms with Crippen LogP contribution in [0.25, 0.3) is 22.2 Å². The number of nitrogen functional groups attached to an aromatic ring is 1. The first-order valence-electron chi connectivity index (χ1n) is 10.7. The van der Waals surface area contributed by atoms with Crippen LogP contribution in [0.1, 0.15) is 35.6 Å². The lowest BCUT2D eigenvalue weighted by Gasteiger charge is -2.24. The van der Waals surface area contributed by atoms with Crippen LogP contribution in [0.15, 0.2) is 55.1 Å². The number of nitrogens with zero attached hydrogens (tertiary/aromatic N) is 6. The van der Waals surface area contributed by atoms with E-state index in [1.54, 1.807) is 6.33 Å². The van der Waals surface area contributed by atoms with Gasteiger partial charge >= 0.3 is 0 Å². The van der Waals surface area contributed by atoms with Gasteiger partial charge in [0, 0.05) is 24.5 Å². The summed E-state index contributed by atoms with van der Waals surface area (Å²) >= 11 is 0. The minimum absolute atomic E-state index is 0.0422.